The molecule has 0 saturated heterocycles. The molecule has 1 N–H and O–H groups in total. The largest absolute Gasteiger partial charge is 0.478 e. The number of amides is 1. The molecular weight excluding hydrogens is 256 g/mol. The number of carboxylic acids is 1. The van der Waals surface area contributed by atoms with Gasteiger partial charge in [0.15, 0.2) is 0 Å². The zero-order valence-corrected chi connectivity index (χ0v) is 11.5. The fraction of sp³-hybridized carbons (Fsp3) is 0.400. The van der Waals surface area contributed by atoms with Crippen molar-refractivity contribution in [3.8, 4) is 0 Å². The molecule has 0 unspecified atom stereocenters. The molecule has 0 bridgehead atoms. The third-order valence-corrected chi connectivity index (χ3v) is 3.14. The molecule has 1 fully saturated rings. The lowest BCUT2D eigenvalue weighted by molar-refractivity contribution is -0.131. The Hall–Kier alpha value is -2.17. The summed E-state index contributed by atoms with van der Waals surface area (Å²) in [6, 6.07) is 2.04. The smallest absolute Gasteiger partial charge is 0.328 e. The predicted octanol–water partition coefficient (Wildman–Crippen LogP) is 2.19. The van der Waals surface area contributed by atoms with Gasteiger partial charge in [-0.2, -0.15) is 0 Å². The van der Waals surface area contributed by atoms with Crippen LogP contribution in [-0.2, 0) is 4.79 Å². The Labute approximate surface area is 117 Å². The van der Waals surface area contributed by atoms with Crippen LogP contribution in [0.15, 0.2) is 24.5 Å². The van der Waals surface area contributed by atoms with E-state index in [0.29, 0.717) is 17.2 Å². The highest BCUT2D eigenvalue weighted by Gasteiger charge is 2.32. The molecule has 1 heterocycles. The molecule has 0 radical (unpaired) electrons. The van der Waals surface area contributed by atoms with Crippen LogP contribution in [0.1, 0.15) is 42.1 Å². The van der Waals surface area contributed by atoms with Crippen molar-refractivity contribution in [2.24, 2.45) is 0 Å². The lowest BCUT2D eigenvalue weighted by Gasteiger charge is -2.21. The number of carboxylic acid groups (broad SMARTS) is 1. The van der Waals surface area contributed by atoms with Gasteiger partial charge in [-0.15, -0.1) is 0 Å². The molecule has 1 aliphatic rings. The van der Waals surface area contributed by atoms with Gasteiger partial charge in [0.05, 0.1) is 5.56 Å². The van der Waals surface area contributed by atoms with Crippen LogP contribution in [0.4, 0.5) is 0 Å². The first-order chi connectivity index (χ1) is 9.61. The van der Waals surface area contributed by atoms with E-state index >= 15 is 0 Å². The minimum Gasteiger partial charge on any atom is -0.478 e. The van der Waals surface area contributed by atoms with E-state index in [1.54, 1.807) is 6.07 Å². The molecule has 2 rings (SSSR count). The first-order valence-corrected chi connectivity index (χ1v) is 6.79. The van der Waals surface area contributed by atoms with Crippen LogP contribution in [0, 0.1) is 0 Å². The second kappa shape index (κ2) is 6.32. The van der Waals surface area contributed by atoms with E-state index in [-0.39, 0.29) is 5.91 Å². The maximum atomic E-state index is 12.5. The summed E-state index contributed by atoms with van der Waals surface area (Å²) in [7, 11) is 0. The van der Waals surface area contributed by atoms with Gasteiger partial charge in [-0.25, -0.2) is 4.79 Å². The van der Waals surface area contributed by atoms with Gasteiger partial charge in [0.2, 0.25) is 0 Å². The van der Waals surface area contributed by atoms with Crippen LogP contribution in [0.25, 0.3) is 6.08 Å². The molecule has 0 aliphatic heterocycles. The van der Waals surface area contributed by atoms with E-state index in [9.17, 15) is 9.59 Å². The molecule has 5 heteroatoms. The minimum absolute atomic E-state index is 0.0209. The number of hydrogen-bond acceptors (Lipinski definition) is 3. The number of nitrogens with zero attached hydrogens (tertiary/aromatic N) is 2. The van der Waals surface area contributed by atoms with Crippen molar-refractivity contribution in [2.75, 3.05) is 6.54 Å². The molecule has 1 aromatic rings. The molecule has 0 aromatic carbocycles. The number of aliphatic carboxylic acids is 1. The van der Waals surface area contributed by atoms with E-state index in [1.807, 2.05) is 11.8 Å². The van der Waals surface area contributed by atoms with E-state index in [4.69, 9.17) is 5.11 Å². The van der Waals surface area contributed by atoms with Crippen molar-refractivity contribution in [1.29, 1.82) is 0 Å². The van der Waals surface area contributed by atoms with Crippen LogP contribution < -0.4 is 0 Å². The van der Waals surface area contributed by atoms with Gasteiger partial charge in [-0.05, 0) is 37.0 Å². The molecule has 1 amide bonds. The van der Waals surface area contributed by atoms with Gasteiger partial charge < -0.3 is 10.0 Å². The average molecular weight is 274 g/mol. The van der Waals surface area contributed by atoms with E-state index in [1.165, 1.54) is 18.5 Å². The lowest BCUT2D eigenvalue weighted by atomic mass is 10.1. The molecular formula is C15H18N2O3. The number of carbonyl (C=O) groups excluding carboxylic acids is 1. The zero-order chi connectivity index (χ0) is 14.5. The first kappa shape index (κ1) is 14.2. The Balaban J connectivity index is 2.16. The highest BCUT2D eigenvalue weighted by molar-refractivity contribution is 5.95. The standard InChI is InChI=1S/C15H18N2O3/c1-2-7-17(13-4-5-13)15(20)12-8-11(9-16-10-12)3-6-14(18)19/h3,6,8-10,13H,2,4-5,7H2,1H3,(H,18,19). The highest BCUT2D eigenvalue weighted by Crippen LogP contribution is 2.28. The second-order valence-electron chi connectivity index (χ2n) is 4.91. The van der Waals surface area contributed by atoms with Gasteiger partial charge >= 0.3 is 5.97 Å². The fourth-order valence-electron chi connectivity index (χ4n) is 2.08. The fourth-order valence-corrected chi connectivity index (χ4v) is 2.08. The van der Waals surface area contributed by atoms with Crippen LogP contribution >= 0.6 is 0 Å². The van der Waals surface area contributed by atoms with E-state index < -0.39 is 5.97 Å². The van der Waals surface area contributed by atoms with Crippen molar-refractivity contribution >= 4 is 18.0 Å². The molecule has 1 saturated carbocycles. The summed E-state index contributed by atoms with van der Waals surface area (Å²) < 4.78 is 0. The second-order valence-corrected chi connectivity index (χ2v) is 4.91. The van der Waals surface area contributed by atoms with Crippen molar-refractivity contribution in [3.05, 3.63) is 35.7 Å². The molecule has 106 valence electrons. The number of pyridine rings is 1. The number of carbonyl (C=O) groups is 2. The minimum atomic E-state index is -1.02. The Morgan fingerprint density at radius 2 is 2.20 bits per heavy atom. The van der Waals surface area contributed by atoms with Gasteiger partial charge in [-0.1, -0.05) is 6.92 Å². The third kappa shape index (κ3) is 3.66. The van der Waals surface area contributed by atoms with Crippen molar-refractivity contribution in [3.63, 3.8) is 0 Å². The van der Waals surface area contributed by atoms with Crippen molar-refractivity contribution in [2.45, 2.75) is 32.2 Å². The van der Waals surface area contributed by atoms with Crippen LogP contribution in [0.3, 0.4) is 0 Å². The van der Waals surface area contributed by atoms with Gasteiger partial charge in [0.1, 0.15) is 0 Å². The summed E-state index contributed by atoms with van der Waals surface area (Å²) in [6.07, 6.45) is 8.61. The summed E-state index contributed by atoms with van der Waals surface area (Å²) in [5, 5.41) is 8.61. The molecule has 1 aromatic heterocycles. The van der Waals surface area contributed by atoms with E-state index in [0.717, 1.165) is 31.9 Å². The predicted molar refractivity (Wildman–Crippen MR) is 75.3 cm³/mol. The van der Waals surface area contributed by atoms with Gasteiger partial charge in [0, 0.05) is 31.1 Å². The Morgan fingerprint density at radius 1 is 1.45 bits per heavy atom. The zero-order valence-electron chi connectivity index (χ0n) is 11.5. The monoisotopic (exact) mass is 274 g/mol. The SMILES string of the molecule is CCCN(C(=O)c1cncc(C=CC(=O)O)c1)C1CC1. The van der Waals surface area contributed by atoms with Crippen LogP contribution in [0.2, 0.25) is 0 Å². The van der Waals surface area contributed by atoms with E-state index in [2.05, 4.69) is 4.98 Å². The number of aromatic nitrogens is 1. The Morgan fingerprint density at radius 3 is 2.80 bits per heavy atom. The average Bonchev–Trinajstić information content (AvgIpc) is 3.26. The summed E-state index contributed by atoms with van der Waals surface area (Å²) in [5.41, 5.74) is 1.13. The van der Waals surface area contributed by atoms with Crippen LogP contribution in [0.5, 0.6) is 0 Å². The Bertz CT molecular complexity index is 536. The van der Waals surface area contributed by atoms with Crippen LogP contribution in [-0.4, -0.2) is 39.5 Å². The van der Waals surface area contributed by atoms with Gasteiger partial charge in [-0.3, -0.25) is 9.78 Å². The molecule has 0 atom stereocenters. The highest BCUT2D eigenvalue weighted by atomic mass is 16.4. The number of hydrogen-bond donors (Lipinski definition) is 1. The molecule has 5 nitrogen and oxygen atoms in total. The lowest BCUT2D eigenvalue weighted by Crippen LogP contribution is -2.33. The molecule has 1 aliphatic carbocycles. The van der Waals surface area contributed by atoms with Crippen molar-refractivity contribution < 1.29 is 14.7 Å². The molecule has 0 spiro atoms. The first-order valence-electron chi connectivity index (χ1n) is 6.79. The maximum absolute atomic E-state index is 12.5. The normalized spacial score (nSPS) is 14.4. The van der Waals surface area contributed by atoms with Crippen molar-refractivity contribution in [1.82, 2.24) is 9.88 Å². The summed E-state index contributed by atoms with van der Waals surface area (Å²) in [5.74, 6) is -1.04. The quantitative estimate of drug-likeness (QED) is 0.807. The number of rotatable bonds is 6. The molecule has 20 heavy (non-hydrogen) atoms. The Kier molecular flexibility index (Phi) is 4.50. The summed E-state index contributed by atoms with van der Waals surface area (Å²) in [4.78, 5) is 28.9. The van der Waals surface area contributed by atoms with Gasteiger partial charge in [0.25, 0.3) is 5.91 Å². The summed E-state index contributed by atoms with van der Waals surface area (Å²) >= 11 is 0. The maximum Gasteiger partial charge on any atom is 0.328 e. The summed E-state index contributed by atoms with van der Waals surface area (Å²) in [6.45, 7) is 2.80. The third-order valence-electron chi connectivity index (χ3n) is 3.14. The topological polar surface area (TPSA) is 70.5 Å².